The van der Waals surface area contributed by atoms with Crippen LogP contribution < -0.4 is 10.6 Å². The molecule has 0 aliphatic heterocycles. The maximum Gasteiger partial charge on any atom is 0.274 e. The van der Waals surface area contributed by atoms with Crippen molar-refractivity contribution >= 4 is 23.2 Å². The van der Waals surface area contributed by atoms with Gasteiger partial charge in [0.2, 0.25) is 5.95 Å². The minimum atomic E-state index is -0.263. The number of carbonyl (C=O) groups is 1. The fraction of sp³-hybridized carbons (Fsp3) is 0.105. The molecule has 0 radical (unpaired) electrons. The second-order valence-electron chi connectivity index (χ2n) is 5.53. The summed E-state index contributed by atoms with van der Waals surface area (Å²) in [7, 11) is 0. The highest BCUT2D eigenvalue weighted by Gasteiger charge is 2.10. The number of benzene rings is 2. The third kappa shape index (κ3) is 3.76. The second kappa shape index (κ2) is 6.91. The van der Waals surface area contributed by atoms with Gasteiger partial charge in [-0.2, -0.15) is 0 Å². The SMILES string of the molecule is Cc1ccc(NC(=O)c2ccnc(Nc3ccccc3)n2)c(C)c1. The first-order valence-electron chi connectivity index (χ1n) is 7.65. The van der Waals surface area contributed by atoms with Crippen LogP contribution in [0.1, 0.15) is 21.6 Å². The first kappa shape index (κ1) is 15.7. The average Bonchev–Trinajstić information content (AvgIpc) is 2.58. The molecule has 24 heavy (non-hydrogen) atoms. The van der Waals surface area contributed by atoms with E-state index in [1.165, 1.54) is 0 Å². The van der Waals surface area contributed by atoms with Crippen molar-refractivity contribution in [3.8, 4) is 0 Å². The zero-order valence-electron chi connectivity index (χ0n) is 13.6. The van der Waals surface area contributed by atoms with E-state index >= 15 is 0 Å². The van der Waals surface area contributed by atoms with E-state index in [9.17, 15) is 4.79 Å². The molecule has 0 saturated carbocycles. The van der Waals surface area contributed by atoms with E-state index in [0.717, 1.165) is 22.5 Å². The number of nitrogens with zero attached hydrogens (tertiary/aromatic N) is 2. The van der Waals surface area contributed by atoms with Gasteiger partial charge in [0.1, 0.15) is 5.69 Å². The molecule has 3 rings (SSSR count). The highest BCUT2D eigenvalue weighted by atomic mass is 16.1. The van der Waals surface area contributed by atoms with E-state index in [1.54, 1.807) is 12.3 Å². The smallest absolute Gasteiger partial charge is 0.274 e. The van der Waals surface area contributed by atoms with Gasteiger partial charge < -0.3 is 10.6 Å². The molecule has 0 atom stereocenters. The Balaban J connectivity index is 1.77. The summed E-state index contributed by atoms with van der Waals surface area (Å²) >= 11 is 0. The Morgan fingerprint density at radius 1 is 1.00 bits per heavy atom. The molecule has 0 aliphatic carbocycles. The Kier molecular flexibility index (Phi) is 4.52. The number of nitrogens with one attached hydrogen (secondary N) is 2. The van der Waals surface area contributed by atoms with Crippen LogP contribution in [-0.2, 0) is 0 Å². The third-order valence-electron chi connectivity index (χ3n) is 3.55. The summed E-state index contributed by atoms with van der Waals surface area (Å²) in [6.07, 6.45) is 1.56. The average molecular weight is 318 g/mol. The van der Waals surface area contributed by atoms with E-state index < -0.39 is 0 Å². The van der Waals surface area contributed by atoms with Crippen LogP contribution in [0.3, 0.4) is 0 Å². The number of aryl methyl sites for hydroxylation is 2. The van der Waals surface area contributed by atoms with Crippen LogP contribution in [-0.4, -0.2) is 15.9 Å². The van der Waals surface area contributed by atoms with Crippen LogP contribution in [0.15, 0.2) is 60.8 Å². The van der Waals surface area contributed by atoms with Crippen LogP contribution >= 0.6 is 0 Å². The van der Waals surface area contributed by atoms with Gasteiger partial charge in [-0.25, -0.2) is 9.97 Å². The molecule has 0 saturated heterocycles. The fourth-order valence-corrected chi connectivity index (χ4v) is 2.34. The van der Waals surface area contributed by atoms with Gasteiger partial charge in [-0.3, -0.25) is 4.79 Å². The lowest BCUT2D eigenvalue weighted by molar-refractivity contribution is 0.102. The van der Waals surface area contributed by atoms with Crippen molar-refractivity contribution < 1.29 is 4.79 Å². The van der Waals surface area contributed by atoms with Gasteiger partial charge in [-0.1, -0.05) is 35.9 Å². The van der Waals surface area contributed by atoms with Crippen molar-refractivity contribution in [3.63, 3.8) is 0 Å². The zero-order chi connectivity index (χ0) is 16.9. The van der Waals surface area contributed by atoms with Crippen molar-refractivity contribution in [1.82, 2.24) is 9.97 Å². The number of para-hydroxylation sites is 1. The summed E-state index contributed by atoms with van der Waals surface area (Å²) in [6, 6.07) is 17.1. The molecule has 0 spiro atoms. The largest absolute Gasteiger partial charge is 0.324 e. The maximum atomic E-state index is 12.4. The molecule has 2 N–H and O–H groups in total. The highest BCUT2D eigenvalue weighted by molar-refractivity contribution is 6.03. The number of rotatable bonds is 4. The van der Waals surface area contributed by atoms with Crippen molar-refractivity contribution in [3.05, 3.63) is 77.6 Å². The molecule has 0 unspecified atom stereocenters. The Morgan fingerprint density at radius 3 is 2.54 bits per heavy atom. The number of hydrogen-bond acceptors (Lipinski definition) is 4. The van der Waals surface area contributed by atoms with Crippen molar-refractivity contribution in [2.45, 2.75) is 13.8 Å². The third-order valence-corrected chi connectivity index (χ3v) is 3.55. The first-order valence-corrected chi connectivity index (χ1v) is 7.65. The number of amides is 1. The van der Waals surface area contributed by atoms with E-state index in [4.69, 9.17) is 0 Å². The summed E-state index contributed by atoms with van der Waals surface area (Å²) in [6.45, 7) is 3.98. The lowest BCUT2D eigenvalue weighted by Gasteiger charge is -2.10. The van der Waals surface area contributed by atoms with Gasteiger partial charge >= 0.3 is 0 Å². The number of aromatic nitrogens is 2. The zero-order valence-corrected chi connectivity index (χ0v) is 13.6. The molecule has 0 aliphatic rings. The second-order valence-corrected chi connectivity index (χ2v) is 5.53. The molecular weight excluding hydrogens is 300 g/mol. The molecule has 120 valence electrons. The van der Waals surface area contributed by atoms with Gasteiger partial charge in [-0.05, 0) is 43.7 Å². The van der Waals surface area contributed by atoms with Crippen molar-refractivity contribution in [2.75, 3.05) is 10.6 Å². The Bertz CT molecular complexity index is 862. The Labute approximate surface area is 140 Å². The summed E-state index contributed by atoms with van der Waals surface area (Å²) in [4.78, 5) is 20.9. The molecule has 5 heteroatoms. The Hall–Kier alpha value is -3.21. The molecule has 1 amide bonds. The number of carbonyl (C=O) groups excluding carboxylic acids is 1. The molecule has 3 aromatic rings. The van der Waals surface area contributed by atoms with Crippen LogP contribution in [0.2, 0.25) is 0 Å². The molecule has 0 fully saturated rings. The van der Waals surface area contributed by atoms with E-state index in [1.807, 2.05) is 62.4 Å². The minimum Gasteiger partial charge on any atom is -0.324 e. The fourth-order valence-electron chi connectivity index (χ4n) is 2.34. The van der Waals surface area contributed by atoms with Gasteiger partial charge in [-0.15, -0.1) is 0 Å². The van der Waals surface area contributed by atoms with Crippen molar-refractivity contribution in [2.24, 2.45) is 0 Å². The number of hydrogen-bond donors (Lipinski definition) is 2. The van der Waals surface area contributed by atoms with Crippen LogP contribution in [0.4, 0.5) is 17.3 Å². The van der Waals surface area contributed by atoms with Crippen LogP contribution in [0.25, 0.3) is 0 Å². The normalized spacial score (nSPS) is 10.2. The van der Waals surface area contributed by atoms with E-state index in [2.05, 4.69) is 20.6 Å². The molecule has 1 heterocycles. The predicted octanol–water partition coefficient (Wildman–Crippen LogP) is 4.09. The summed E-state index contributed by atoms with van der Waals surface area (Å²) in [5.74, 6) is 0.120. The van der Waals surface area contributed by atoms with Crippen molar-refractivity contribution in [1.29, 1.82) is 0 Å². The first-order chi connectivity index (χ1) is 11.6. The van der Waals surface area contributed by atoms with Gasteiger partial charge in [0.15, 0.2) is 0 Å². The minimum absolute atomic E-state index is 0.263. The van der Waals surface area contributed by atoms with E-state index in [0.29, 0.717) is 11.6 Å². The molecule has 2 aromatic carbocycles. The van der Waals surface area contributed by atoms with Gasteiger partial charge in [0.05, 0.1) is 0 Å². The molecule has 0 bridgehead atoms. The van der Waals surface area contributed by atoms with E-state index in [-0.39, 0.29) is 5.91 Å². The lowest BCUT2D eigenvalue weighted by Crippen LogP contribution is -2.15. The topological polar surface area (TPSA) is 66.9 Å². The molecule has 1 aromatic heterocycles. The Morgan fingerprint density at radius 2 is 1.79 bits per heavy atom. The predicted molar refractivity (Wildman–Crippen MR) is 95.6 cm³/mol. The summed E-state index contributed by atoms with van der Waals surface area (Å²) in [5, 5.41) is 5.97. The molecular formula is C19H18N4O. The van der Waals surface area contributed by atoms with Gasteiger partial charge in [0.25, 0.3) is 5.91 Å². The maximum absolute atomic E-state index is 12.4. The summed E-state index contributed by atoms with van der Waals surface area (Å²) < 4.78 is 0. The standard InChI is InChI=1S/C19H18N4O/c1-13-8-9-16(14(2)12-13)22-18(24)17-10-11-20-19(23-17)21-15-6-4-3-5-7-15/h3-12H,1-2H3,(H,22,24)(H,20,21,23). The van der Waals surface area contributed by atoms with Crippen LogP contribution in [0.5, 0.6) is 0 Å². The quantitative estimate of drug-likeness (QED) is 0.760. The van der Waals surface area contributed by atoms with Crippen LogP contribution in [0, 0.1) is 13.8 Å². The van der Waals surface area contributed by atoms with Gasteiger partial charge in [0, 0.05) is 17.6 Å². The summed E-state index contributed by atoms with van der Waals surface area (Å²) in [5.41, 5.74) is 4.12. The number of anilines is 3. The monoisotopic (exact) mass is 318 g/mol. The lowest BCUT2D eigenvalue weighted by atomic mass is 10.1. The highest BCUT2D eigenvalue weighted by Crippen LogP contribution is 2.17. The molecule has 5 nitrogen and oxygen atoms in total.